The minimum atomic E-state index is -1.33. The van der Waals surface area contributed by atoms with E-state index in [1.165, 1.54) is 19.1 Å². The van der Waals surface area contributed by atoms with Gasteiger partial charge in [-0.2, -0.15) is 0 Å². The molecule has 0 saturated carbocycles. The molecule has 2 aliphatic heterocycles. The highest BCUT2D eigenvalue weighted by atomic mass is 16.9. The first-order chi connectivity index (χ1) is 15.2. The molecule has 1 atom stereocenters. The number of rotatable bonds is 8. The van der Waals surface area contributed by atoms with Gasteiger partial charge < -0.3 is 9.47 Å². The molecule has 1 fully saturated rings. The Morgan fingerprint density at radius 2 is 1.53 bits per heavy atom. The Kier molecular flexibility index (Phi) is 6.98. The van der Waals surface area contributed by atoms with E-state index in [4.69, 9.17) is 9.47 Å². The molecule has 11 nitrogen and oxygen atoms in total. The largest absolute Gasteiger partial charge is 0.537 e. The van der Waals surface area contributed by atoms with Crippen molar-refractivity contribution >= 4 is 41.4 Å². The summed E-state index contributed by atoms with van der Waals surface area (Å²) in [5.41, 5.74) is 1.35. The molecular weight excluding hydrogens is 424 g/mol. The number of hydrogen-bond donors (Lipinski definition) is 0. The summed E-state index contributed by atoms with van der Waals surface area (Å²) in [7, 11) is 0. The van der Waals surface area contributed by atoms with Crippen molar-refractivity contribution in [3.63, 3.8) is 0 Å². The van der Waals surface area contributed by atoms with Gasteiger partial charge in [0.2, 0.25) is 6.29 Å². The molecule has 1 aromatic carbocycles. The predicted molar refractivity (Wildman–Crippen MR) is 105 cm³/mol. The first-order valence-corrected chi connectivity index (χ1v) is 9.83. The third-order valence-corrected chi connectivity index (χ3v) is 4.58. The van der Waals surface area contributed by atoms with Crippen LogP contribution in [0.4, 0.5) is 10.5 Å². The lowest BCUT2D eigenvalue weighted by molar-refractivity contribution is -0.191. The predicted octanol–water partition coefficient (Wildman–Crippen LogP) is 1.55. The van der Waals surface area contributed by atoms with Crippen molar-refractivity contribution in [3.05, 3.63) is 42.0 Å². The second-order valence-corrected chi connectivity index (χ2v) is 6.96. The van der Waals surface area contributed by atoms with Gasteiger partial charge in [0, 0.05) is 38.3 Å². The number of hydroxylamine groups is 2. The second-order valence-electron chi connectivity index (χ2n) is 6.96. The minimum absolute atomic E-state index is 0.0423. The van der Waals surface area contributed by atoms with Crippen LogP contribution >= 0.6 is 0 Å². The third kappa shape index (κ3) is 5.56. The molecule has 11 heteroatoms. The summed E-state index contributed by atoms with van der Waals surface area (Å²) in [4.78, 5) is 75.2. The maximum absolute atomic E-state index is 11.9. The molecule has 32 heavy (non-hydrogen) atoms. The lowest BCUT2D eigenvalue weighted by Crippen LogP contribution is -2.34. The summed E-state index contributed by atoms with van der Waals surface area (Å²) in [6.07, 6.45) is 0.721. The molecule has 0 aliphatic carbocycles. The highest BCUT2D eigenvalue weighted by molar-refractivity contribution is 6.28. The van der Waals surface area contributed by atoms with Gasteiger partial charge in [0.1, 0.15) is 0 Å². The van der Waals surface area contributed by atoms with Crippen LogP contribution in [-0.2, 0) is 44.7 Å². The summed E-state index contributed by atoms with van der Waals surface area (Å²) < 4.78 is 9.66. The fourth-order valence-corrected chi connectivity index (χ4v) is 3.06. The van der Waals surface area contributed by atoms with Crippen LogP contribution in [0.25, 0.3) is 0 Å². The Labute approximate surface area is 182 Å². The molecule has 0 bridgehead atoms. The molecule has 1 unspecified atom stereocenters. The fraction of sp³-hybridized carbons (Fsp3) is 0.333. The number of imide groups is 2. The topological polar surface area (TPSA) is 137 Å². The normalized spacial score (nSPS) is 16.5. The fourth-order valence-electron chi connectivity index (χ4n) is 3.06. The Morgan fingerprint density at radius 1 is 0.938 bits per heavy atom. The molecule has 0 radical (unpaired) electrons. The zero-order valence-corrected chi connectivity index (χ0v) is 17.1. The summed E-state index contributed by atoms with van der Waals surface area (Å²) in [6.45, 7) is 1.29. The number of anilines is 1. The number of hydrogen-bond acceptors (Lipinski definition) is 9. The van der Waals surface area contributed by atoms with Crippen LogP contribution in [0.2, 0.25) is 0 Å². The van der Waals surface area contributed by atoms with Crippen LogP contribution in [-0.4, -0.2) is 47.1 Å². The van der Waals surface area contributed by atoms with Gasteiger partial charge in [-0.3, -0.25) is 28.8 Å². The Morgan fingerprint density at radius 3 is 2.12 bits per heavy atom. The molecule has 0 aromatic heterocycles. The lowest BCUT2D eigenvalue weighted by Gasteiger charge is -2.16. The van der Waals surface area contributed by atoms with Crippen molar-refractivity contribution in [2.75, 3.05) is 4.90 Å². The summed E-state index contributed by atoms with van der Waals surface area (Å²) in [5, 5.41) is 0.328. The number of esters is 1. The molecule has 168 valence electrons. The van der Waals surface area contributed by atoms with Crippen LogP contribution in [0.3, 0.4) is 0 Å². The Balaban J connectivity index is 1.37. The van der Waals surface area contributed by atoms with Crippen LogP contribution in [0, 0.1) is 0 Å². The quantitative estimate of drug-likeness (QED) is 0.332. The maximum Gasteiger partial charge on any atom is 0.537 e. The Hall–Kier alpha value is -4.02. The number of amides is 4. The van der Waals surface area contributed by atoms with E-state index in [1.807, 2.05) is 0 Å². The van der Waals surface area contributed by atoms with Crippen LogP contribution in [0.5, 0.6) is 0 Å². The summed E-state index contributed by atoms with van der Waals surface area (Å²) >= 11 is 0. The van der Waals surface area contributed by atoms with E-state index in [0.717, 1.165) is 10.5 Å². The van der Waals surface area contributed by atoms with Gasteiger partial charge in [-0.15, -0.1) is 0 Å². The monoisotopic (exact) mass is 444 g/mol. The van der Waals surface area contributed by atoms with Crippen molar-refractivity contribution in [2.24, 2.45) is 0 Å². The average Bonchev–Trinajstić information content (AvgIpc) is 3.23. The highest BCUT2D eigenvalue weighted by Crippen LogP contribution is 2.20. The zero-order chi connectivity index (χ0) is 23.3. The number of ether oxygens (including phenoxy) is 2. The Bertz CT molecular complexity index is 949. The number of carbonyl (C=O) groups excluding carboxylic acids is 6. The first kappa shape index (κ1) is 22.7. The molecule has 3 rings (SSSR count). The van der Waals surface area contributed by atoms with E-state index < -0.39 is 42.0 Å². The van der Waals surface area contributed by atoms with E-state index >= 15 is 0 Å². The number of aryl methyl sites for hydroxylation is 1. The summed E-state index contributed by atoms with van der Waals surface area (Å²) in [5.74, 6) is -2.72. The first-order valence-electron chi connectivity index (χ1n) is 9.83. The van der Waals surface area contributed by atoms with Gasteiger partial charge >= 0.3 is 12.1 Å². The van der Waals surface area contributed by atoms with Crippen LogP contribution < -0.4 is 4.90 Å². The SMILES string of the molecule is CC(OC(=O)CCCc1ccc(N2C(=O)C=CC2=O)cc1)OC(=O)ON1C(=O)CCC1=O. The van der Waals surface area contributed by atoms with Crippen molar-refractivity contribution in [1.82, 2.24) is 5.06 Å². The molecule has 2 aliphatic rings. The molecule has 1 aromatic rings. The van der Waals surface area contributed by atoms with E-state index in [1.54, 1.807) is 24.3 Å². The standard InChI is InChI=1S/C21H20N2O9/c1-13(31-21(29)32-23-18(26)11-12-19(23)27)30-20(28)4-2-3-14-5-7-15(8-6-14)22-16(24)9-10-17(22)25/h5-10,13H,2-4,11-12H2,1H3. The van der Waals surface area contributed by atoms with Crippen LogP contribution in [0.15, 0.2) is 36.4 Å². The molecular formula is C21H20N2O9. The summed E-state index contributed by atoms with van der Waals surface area (Å²) in [6, 6.07) is 6.80. The van der Waals surface area contributed by atoms with Crippen molar-refractivity contribution in [3.8, 4) is 0 Å². The van der Waals surface area contributed by atoms with Crippen LogP contribution in [0.1, 0.15) is 38.2 Å². The van der Waals surface area contributed by atoms with Gasteiger partial charge in [-0.1, -0.05) is 17.2 Å². The average molecular weight is 444 g/mol. The maximum atomic E-state index is 11.9. The lowest BCUT2D eigenvalue weighted by atomic mass is 10.1. The molecule has 4 amide bonds. The molecule has 0 spiro atoms. The minimum Gasteiger partial charge on any atom is -0.425 e. The molecule has 0 N–H and O–H groups in total. The second kappa shape index (κ2) is 9.86. The van der Waals surface area contributed by atoms with Gasteiger partial charge in [-0.25, -0.2) is 9.69 Å². The zero-order valence-electron chi connectivity index (χ0n) is 17.1. The van der Waals surface area contributed by atoms with Gasteiger partial charge in [0.05, 0.1) is 5.69 Å². The molecule has 2 heterocycles. The van der Waals surface area contributed by atoms with Crippen molar-refractivity contribution in [1.29, 1.82) is 0 Å². The van der Waals surface area contributed by atoms with Gasteiger partial charge in [0.15, 0.2) is 0 Å². The number of nitrogens with zero attached hydrogens (tertiary/aromatic N) is 2. The van der Waals surface area contributed by atoms with Crippen molar-refractivity contribution in [2.45, 2.75) is 45.3 Å². The van der Waals surface area contributed by atoms with E-state index in [2.05, 4.69) is 4.84 Å². The van der Waals surface area contributed by atoms with Crippen molar-refractivity contribution < 1.29 is 43.1 Å². The van der Waals surface area contributed by atoms with Gasteiger partial charge in [-0.05, 0) is 30.5 Å². The number of carbonyl (C=O) groups is 6. The van der Waals surface area contributed by atoms with E-state index in [9.17, 15) is 28.8 Å². The number of benzene rings is 1. The molecule has 1 saturated heterocycles. The third-order valence-electron chi connectivity index (χ3n) is 4.58. The smallest absolute Gasteiger partial charge is 0.425 e. The van der Waals surface area contributed by atoms with E-state index in [-0.39, 0.29) is 19.3 Å². The highest BCUT2D eigenvalue weighted by Gasteiger charge is 2.34. The van der Waals surface area contributed by atoms with E-state index in [0.29, 0.717) is 23.6 Å². The van der Waals surface area contributed by atoms with Gasteiger partial charge in [0.25, 0.3) is 23.6 Å².